The lowest BCUT2D eigenvalue weighted by atomic mass is 10.1. The summed E-state index contributed by atoms with van der Waals surface area (Å²) in [6.07, 6.45) is 2.03. The number of carboxylic acids is 1. The second-order valence-electron chi connectivity index (χ2n) is 4.86. The predicted octanol–water partition coefficient (Wildman–Crippen LogP) is 1.42. The fourth-order valence-corrected chi connectivity index (χ4v) is 1.80. The molecular weight excluding hydrogens is 310 g/mol. The van der Waals surface area contributed by atoms with Crippen LogP contribution < -0.4 is 10.6 Å². The number of amides is 1. The Morgan fingerprint density at radius 3 is 2.62 bits per heavy atom. The maximum absolute atomic E-state index is 11.8. The first-order valence-electron chi connectivity index (χ1n) is 7.60. The minimum Gasteiger partial charge on any atom is -0.478 e. The molecule has 7 heteroatoms. The first-order chi connectivity index (χ1) is 11.6. The molecule has 0 atom stereocenters. The predicted molar refractivity (Wildman–Crippen MR) is 88.1 cm³/mol. The quantitative estimate of drug-likeness (QED) is 0.340. The molecule has 1 aromatic rings. The van der Waals surface area contributed by atoms with E-state index < -0.39 is 11.9 Å². The van der Waals surface area contributed by atoms with Gasteiger partial charge in [-0.2, -0.15) is 5.26 Å². The molecule has 0 radical (unpaired) electrons. The van der Waals surface area contributed by atoms with Gasteiger partial charge < -0.3 is 20.5 Å². The second kappa shape index (κ2) is 10.8. The van der Waals surface area contributed by atoms with Crippen molar-refractivity contribution >= 4 is 11.9 Å². The van der Waals surface area contributed by atoms with Gasteiger partial charge in [0.2, 0.25) is 0 Å². The van der Waals surface area contributed by atoms with Gasteiger partial charge in [0.05, 0.1) is 5.56 Å². The van der Waals surface area contributed by atoms with Gasteiger partial charge in [-0.1, -0.05) is 12.1 Å². The molecule has 0 aliphatic heterocycles. The molecule has 24 heavy (non-hydrogen) atoms. The Labute approximate surface area is 140 Å². The van der Waals surface area contributed by atoms with Crippen LogP contribution in [0.15, 0.2) is 36.0 Å². The van der Waals surface area contributed by atoms with Gasteiger partial charge in [0, 0.05) is 32.5 Å². The average molecular weight is 331 g/mol. The normalized spacial score (nSPS) is 10.8. The fourth-order valence-electron chi connectivity index (χ4n) is 1.80. The Kier molecular flexibility index (Phi) is 8.64. The summed E-state index contributed by atoms with van der Waals surface area (Å²) in [6, 6.07) is 8.18. The number of nitriles is 1. The molecule has 0 fully saturated rings. The van der Waals surface area contributed by atoms with Crippen LogP contribution in [0.1, 0.15) is 29.3 Å². The van der Waals surface area contributed by atoms with Crippen molar-refractivity contribution in [3.05, 3.63) is 47.2 Å². The minimum atomic E-state index is -0.984. The second-order valence-corrected chi connectivity index (χ2v) is 4.86. The zero-order valence-electron chi connectivity index (χ0n) is 13.5. The number of hydrogen-bond donors (Lipinski definition) is 3. The Morgan fingerprint density at radius 1 is 1.33 bits per heavy atom. The smallest absolute Gasteiger partial charge is 0.335 e. The van der Waals surface area contributed by atoms with E-state index in [1.807, 2.05) is 13.0 Å². The van der Waals surface area contributed by atoms with Gasteiger partial charge in [-0.3, -0.25) is 4.79 Å². The summed E-state index contributed by atoms with van der Waals surface area (Å²) in [5.41, 5.74) is 1.03. The molecule has 0 bridgehead atoms. The topological polar surface area (TPSA) is 111 Å². The van der Waals surface area contributed by atoms with Crippen molar-refractivity contribution in [1.82, 2.24) is 10.6 Å². The highest BCUT2D eigenvalue weighted by Gasteiger charge is 2.07. The molecule has 128 valence electrons. The van der Waals surface area contributed by atoms with Gasteiger partial charge in [-0.15, -0.1) is 0 Å². The van der Waals surface area contributed by atoms with E-state index in [0.29, 0.717) is 32.7 Å². The van der Waals surface area contributed by atoms with Gasteiger partial charge >= 0.3 is 5.97 Å². The Morgan fingerprint density at radius 2 is 2.04 bits per heavy atom. The third kappa shape index (κ3) is 6.94. The molecule has 0 heterocycles. The van der Waals surface area contributed by atoms with Crippen LogP contribution in [0.4, 0.5) is 0 Å². The number of benzene rings is 1. The third-order valence-corrected chi connectivity index (χ3v) is 3.07. The maximum Gasteiger partial charge on any atom is 0.335 e. The number of nitrogens with one attached hydrogen (secondary N) is 2. The van der Waals surface area contributed by atoms with Crippen molar-refractivity contribution in [3.63, 3.8) is 0 Å². The summed E-state index contributed by atoms with van der Waals surface area (Å²) < 4.78 is 5.16. The first kappa shape index (κ1) is 19.2. The standard InChI is InChI=1S/C17H21N3O4/c1-2-24-9-3-8-20-16(21)15(10-18)12-19-11-13-4-6-14(7-5-13)17(22)23/h4-7,12,19H,2-3,8-9,11H2,1H3,(H,20,21)(H,22,23)/b15-12-. The SMILES string of the molecule is CCOCCCNC(=O)/C(C#N)=C\NCc1ccc(C(=O)O)cc1. The van der Waals surface area contributed by atoms with Crippen LogP contribution in [0.3, 0.4) is 0 Å². The van der Waals surface area contributed by atoms with Gasteiger partial charge in [-0.25, -0.2) is 4.79 Å². The molecule has 3 N–H and O–H groups in total. The van der Waals surface area contributed by atoms with Crippen LogP contribution in [0.2, 0.25) is 0 Å². The van der Waals surface area contributed by atoms with E-state index in [2.05, 4.69) is 10.6 Å². The van der Waals surface area contributed by atoms with Gasteiger partial charge in [-0.05, 0) is 31.0 Å². The van der Waals surface area contributed by atoms with Crippen molar-refractivity contribution in [1.29, 1.82) is 5.26 Å². The molecule has 0 unspecified atom stereocenters. The largest absolute Gasteiger partial charge is 0.478 e. The minimum absolute atomic E-state index is 0.0198. The number of carbonyl (C=O) groups excluding carboxylic acids is 1. The zero-order chi connectivity index (χ0) is 17.8. The van der Waals surface area contributed by atoms with Crippen molar-refractivity contribution in [2.45, 2.75) is 19.9 Å². The van der Waals surface area contributed by atoms with E-state index in [1.54, 1.807) is 12.1 Å². The van der Waals surface area contributed by atoms with Crippen molar-refractivity contribution in [2.24, 2.45) is 0 Å². The first-order valence-corrected chi connectivity index (χ1v) is 7.60. The Balaban J connectivity index is 2.43. The van der Waals surface area contributed by atoms with Crippen LogP contribution in [0.25, 0.3) is 0 Å². The summed E-state index contributed by atoms with van der Waals surface area (Å²) >= 11 is 0. The molecule has 0 aliphatic rings. The van der Waals surface area contributed by atoms with E-state index in [9.17, 15) is 9.59 Å². The summed E-state index contributed by atoms with van der Waals surface area (Å²) in [4.78, 5) is 22.6. The number of hydrogen-bond acceptors (Lipinski definition) is 5. The number of nitrogens with zero attached hydrogens (tertiary/aromatic N) is 1. The van der Waals surface area contributed by atoms with E-state index in [1.165, 1.54) is 18.3 Å². The summed E-state index contributed by atoms with van der Waals surface area (Å²) in [7, 11) is 0. The third-order valence-electron chi connectivity index (χ3n) is 3.07. The lowest BCUT2D eigenvalue weighted by Gasteiger charge is -2.06. The fraction of sp³-hybridized carbons (Fsp3) is 0.353. The van der Waals surface area contributed by atoms with E-state index in [-0.39, 0.29) is 11.1 Å². The van der Waals surface area contributed by atoms with Crippen molar-refractivity contribution in [2.75, 3.05) is 19.8 Å². The molecule has 0 saturated carbocycles. The summed E-state index contributed by atoms with van der Waals surface area (Å²) in [6.45, 7) is 3.91. The number of ether oxygens (including phenoxy) is 1. The van der Waals surface area contributed by atoms with E-state index in [0.717, 1.165) is 5.56 Å². The van der Waals surface area contributed by atoms with E-state index >= 15 is 0 Å². The van der Waals surface area contributed by atoms with E-state index in [4.69, 9.17) is 15.1 Å². The van der Waals surface area contributed by atoms with Crippen molar-refractivity contribution < 1.29 is 19.4 Å². The Bertz CT molecular complexity index is 618. The molecule has 1 rings (SSSR count). The highest BCUT2D eigenvalue weighted by molar-refractivity contribution is 5.97. The number of rotatable bonds is 10. The molecule has 0 saturated heterocycles. The highest BCUT2D eigenvalue weighted by atomic mass is 16.5. The van der Waals surface area contributed by atoms with Crippen LogP contribution in [-0.4, -0.2) is 36.7 Å². The lowest BCUT2D eigenvalue weighted by Crippen LogP contribution is -2.27. The number of carbonyl (C=O) groups is 2. The number of carboxylic acid groups (broad SMARTS) is 1. The van der Waals surface area contributed by atoms with Crippen molar-refractivity contribution in [3.8, 4) is 6.07 Å². The van der Waals surface area contributed by atoms with Crippen LogP contribution in [0.5, 0.6) is 0 Å². The van der Waals surface area contributed by atoms with Gasteiger partial charge in [0.15, 0.2) is 0 Å². The molecular formula is C17H21N3O4. The monoisotopic (exact) mass is 331 g/mol. The van der Waals surface area contributed by atoms with Crippen LogP contribution in [-0.2, 0) is 16.1 Å². The zero-order valence-corrected chi connectivity index (χ0v) is 13.5. The number of aromatic carboxylic acids is 1. The highest BCUT2D eigenvalue weighted by Crippen LogP contribution is 2.04. The molecule has 1 amide bonds. The van der Waals surface area contributed by atoms with Gasteiger partial charge in [0.25, 0.3) is 5.91 Å². The average Bonchev–Trinajstić information content (AvgIpc) is 2.58. The molecule has 1 aromatic carbocycles. The van der Waals surface area contributed by atoms with Crippen LogP contribution >= 0.6 is 0 Å². The molecule has 0 aliphatic carbocycles. The molecule has 0 aromatic heterocycles. The molecule has 7 nitrogen and oxygen atoms in total. The summed E-state index contributed by atoms with van der Waals surface area (Å²) in [5, 5.41) is 23.4. The Hall–Kier alpha value is -2.85. The summed E-state index contributed by atoms with van der Waals surface area (Å²) in [5.74, 6) is -1.43. The lowest BCUT2D eigenvalue weighted by molar-refractivity contribution is -0.117. The van der Waals surface area contributed by atoms with Gasteiger partial charge in [0.1, 0.15) is 11.6 Å². The molecule has 0 spiro atoms. The van der Waals surface area contributed by atoms with Crippen LogP contribution in [0, 0.1) is 11.3 Å². The maximum atomic E-state index is 11.8.